The number of hydrogen-bond acceptors (Lipinski definition) is 2. The number of benzene rings is 1. The molecule has 1 heterocycles. The van der Waals surface area contributed by atoms with Gasteiger partial charge in [0.1, 0.15) is 11.6 Å². The van der Waals surface area contributed by atoms with Gasteiger partial charge in [0.15, 0.2) is 0 Å². The van der Waals surface area contributed by atoms with E-state index in [-0.39, 0.29) is 5.78 Å². The smallest absolute Gasteiger partial charge is 0.144 e. The van der Waals surface area contributed by atoms with E-state index in [2.05, 4.69) is 11.9 Å². The van der Waals surface area contributed by atoms with Gasteiger partial charge in [0.2, 0.25) is 0 Å². The molecule has 2 rings (SSSR count). The zero-order valence-electron chi connectivity index (χ0n) is 10.9. The van der Waals surface area contributed by atoms with Crippen LogP contribution < -0.4 is 0 Å². The SMILES string of the molecule is CCn1ccnc1CC(=O)Cc1ccc(C)cc1. The van der Waals surface area contributed by atoms with Crippen LogP contribution >= 0.6 is 0 Å². The van der Waals surface area contributed by atoms with Crippen molar-refractivity contribution in [3.05, 3.63) is 53.6 Å². The van der Waals surface area contributed by atoms with E-state index in [0.29, 0.717) is 12.8 Å². The Kier molecular flexibility index (Phi) is 3.92. The first kappa shape index (κ1) is 12.6. The molecular formula is C15H18N2O. The first-order valence-corrected chi connectivity index (χ1v) is 6.26. The van der Waals surface area contributed by atoms with Crippen molar-refractivity contribution in [3.8, 4) is 0 Å². The number of ketones is 1. The molecule has 0 N–H and O–H groups in total. The van der Waals surface area contributed by atoms with Gasteiger partial charge in [0, 0.05) is 25.4 Å². The normalized spacial score (nSPS) is 10.6. The molecule has 0 spiro atoms. The van der Waals surface area contributed by atoms with Gasteiger partial charge in [-0.2, -0.15) is 0 Å². The lowest BCUT2D eigenvalue weighted by atomic mass is 10.1. The molecule has 2 aromatic rings. The molecule has 0 aliphatic carbocycles. The van der Waals surface area contributed by atoms with Crippen LogP contribution in [0.25, 0.3) is 0 Å². The Balaban J connectivity index is 1.99. The minimum absolute atomic E-state index is 0.208. The first-order valence-electron chi connectivity index (χ1n) is 6.26. The summed E-state index contributed by atoms with van der Waals surface area (Å²) in [7, 11) is 0. The van der Waals surface area contributed by atoms with Crippen molar-refractivity contribution in [2.75, 3.05) is 0 Å². The van der Waals surface area contributed by atoms with E-state index >= 15 is 0 Å². The van der Waals surface area contributed by atoms with Gasteiger partial charge in [-0.1, -0.05) is 29.8 Å². The zero-order chi connectivity index (χ0) is 13.0. The minimum atomic E-state index is 0.208. The van der Waals surface area contributed by atoms with Crippen LogP contribution in [0.4, 0.5) is 0 Å². The second kappa shape index (κ2) is 5.63. The Morgan fingerprint density at radius 3 is 2.61 bits per heavy atom. The third-order valence-corrected chi connectivity index (χ3v) is 3.02. The van der Waals surface area contributed by atoms with E-state index in [4.69, 9.17) is 0 Å². The standard InChI is InChI=1S/C15H18N2O/c1-3-17-9-8-16-15(17)11-14(18)10-13-6-4-12(2)5-7-13/h4-9H,3,10-11H2,1-2H3. The molecule has 0 aliphatic rings. The van der Waals surface area contributed by atoms with Gasteiger partial charge in [-0.15, -0.1) is 0 Å². The van der Waals surface area contributed by atoms with Crippen LogP contribution in [0.15, 0.2) is 36.7 Å². The van der Waals surface area contributed by atoms with Gasteiger partial charge in [-0.25, -0.2) is 4.98 Å². The lowest BCUT2D eigenvalue weighted by Crippen LogP contribution is -2.11. The fourth-order valence-electron chi connectivity index (χ4n) is 1.97. The average Bonchev–Trinajstić information content (AvgIpc) is 2.79. The lowest BCUT2D eigenvalue weighted by Gasteiger charge is -2.04. The number of rotatable bonds is 5. The summed E-state index contributed by atoms with van der Waals surface area (Å²) in [5, 5.41) is 0. The van der Waals surface area contributed by atoms with Gasteiger partial charge >= 0.3 is 0 Å². The van der Waals surface area contributed by atoms with Crippen molar-refractivity contribution >= 4 is 5.78 Å². The van der Waals surface area contributed by atoms with Gasteiger partial charge in [0.05, 0.1) is 6.42 Å². The molecule has 3 heteroatoms. The van der Waals surface area contributed by atoms with Crippen LogP contribution in [0.1, 0.15) is 23.9 Å². The Morgan fingerprint density at radius 2 is 1.94 bits per heavy atom. The maximum atomic E-state index is 12.0. The molecule has 94 valence electrons. The van der Waals surface area contributed by atoms with Crippen LogP contribution in [0.5, 0.6) is 0 Å². The Hall–Kier alpha value is -1.90. The molecule has 3 nitrogen and oxygen atoms in total. The third kappa shape index (κ3) is 3.06. The van der Waals surface area contributed by atoms with Gasteiger partial charge in [-0.05, 0) is 19.4 Å². The number of nitrogens with zero attached hydrogens (tertiary/aromatic N) is 2. The van der Waals surface area contributed by atoms with Crippen molar-refractivity contribution in [3.63, 3.8) is 0 Å². The number of carbonyl (C=O) groups excluding carboxylic acids is 1. The lowest BCUT2D eigenvalue weighted by molar-refractivity contribution is -0.117. The van der Waals surface area contributed by atoms with Crippen LogP contribution in [0.3, 0.4) is 0 Å². The molecule has 18 heavy (non-hydrogen) atoms. The second-order valence-electron chi connectivity index (χ2n) is 4.51. The fraction of sp³-hybridized carbons (Fsp3) is 0.333. The number of hydrogen-bond donors (Lipinski definition) is 0. The predicted molar refractivity (Wildman–Crippen MR) is 71.5 cm³/mol. The van der Waals surface area contributed by atoms with E-state index in [0.717, 1.165) is 17.9 Å². The summed E-state index contributed by atoms with van der Waals surface area (Å²) in [6.45, 7) is 4.95. The largest absolute Gasteiger partial charge is 0.335 e. The maximum Gasteiger partial charge on any atom is 0.144 e. The van der Waals surface area contributed by atoms with Gasteiger partial charge in [0.25, 0.3) is 0 Å². The summed E-state index contributed by atoms with van der Waals surface area (Å²) in [5.41, 5.74) is 2.29. The highest BCUT2D eigenvalue weighted by molar-refractivity contribution is 5.82. The van der Waals surface area contributed by atoms with Crippen LogP contribution in [-0.4, -0.2) is 15.3 Å². The van der Waals surface area contributed by atoms with E-state index in [1.54, 1.807) is 6.20 Å². The summed E-state index contributed by atoms with van der Waals surface area (Å²) in [5.74, 6) is 1.06. The number of imidazole rings is 1. The molecule has 1 aromatic heterocycles. The molecule has 0 amide bonds. The highest BCUT2D eigenvalue weighted by Crippen LogP contribution is 2.07. The number of aryl methyl sites for hydroxylation is 2. The molecule has 0 fully saturated rings. The molecule has 0 aliphatic heterocycles. The summed E-state index contributed by atoms with van der Waals surface area (Å²) >= 11 is 0. The molecule has 0 atom stereocenters. The molecular weight excluding hydrogens is 224 g/mol. The molecule has 0 saturated carbocycles. The summed E-state index contributed by atoms with van der Waals surface area (Å²) in [4.78, 5) is 16.2. The molecule has 1 aromatic carbocycles. The summed E-state index contributed by atoms with van der Waals surface area (Å²) in [6.07, 6.45) is 4.55. The number of carbonyl (C=O) groups is 1. The Morgan fingerprint density at radius 1 is 1.22 bits per heavy atom. The van der Waals surface area contributed by atoms with Crippen molar-refractivity contribution in [2.45, 2.75) is 33.2 Å². The quantitative estimate of drug-likeness (QED) is 0.807. The topological polar surface area (TPSA) is 34.9 Å². The van der Waals surface area contributed by atoms with E-state index in [1.165, 1.54) is 5.56 Å². The van der Waals surface area contributed by atoms with E-state index in [1.807, 2.05) is 42.0 Å². The first-order chi connectivity index (χ1) is 8.69. The van der Waals surface area contributed by atoms with Crippen LogP contribution in [0, 0.1) is 6.92 Å². The van der Waals surface area contributed by atoms with Gasteiger partial charge in [-0.3, -0.25) is 4.79 Å². The second-order valence-corrected chi connectivity index (χ2v) is 4.51. The number of aromatic nitrogens is 2. The summed E-state index contributed by atoms with van der Waals surface area (Å²) in [6, 6.07) is 8.10. The van der Waals surface area contributed by atoms with Crippen molar-refractivity contribution < 1.29 is 4.79 Å². The highest BCUT2D eigenvalue weighted by Gasteiger charge is 2.09. The van der Waals surface area contributed by atoms with Crippen molar-refractivity contribution in [2.24, 2.45) is 0 Å². The van der Waals surface area contributed by atoms with E-state index in [9.17, 15) is 4.79 Å². The van der Waals surface area contributed by atoms with Crippen LogP contribution in [-0.2, 0) is 24.2 Å². The Labute approximate surface area is 107 Å². The van der Waals surface area contributed by atoms with E-state index < -0.39 is 0 Å². The fourth-order valence-corrected chi connectivity index (χ4v) is 1.97. The van der Waals surface area contributed by atoms with Crippen molar-refractivity contribution in [1.82, 2.24) is 9.55 Å². The molecule has 0 unspecified atom stereocenters. The zero-order valence-corrected chi connectivity index (χ0v) is 10.9. The van der Waals surface area contributed by atoms with Crippen LogP contribution in [0.2, 0.25) is 0 Å². The third-order valence-electron chi connectivity index (χ3n) is 3.02. The monoisotopic (exact) mass is 242 g/mol. The molecule has 0 radical (unpaired) electrons. The number of Topliss-reactive ketones (excluding diaryl/α,β-unsaturated/α-hetero) is 1. The average molecular weight is 242 g/mol. The minimum Gasteiger partial charge on any atom is -0.335 e. The predicted octanol–water partition coefficient (Wildman–Crippen LogP) is 2.57. The molecule has 0 bridgehead atoms. The van der Waals surface area contributed by atoms with Crippen molar-refractivity contribution in [1.29, 1.82) is 0 Å². The highest BCUT2D eigenvalue weighted by atomic mass is 16.1. The van der Waals surface area contributed by atoms with Gasteiger partial charge < -0.3 is 4.57 Å². The summed E-state index contributed by atoms with van der Waals surface area (Å²) < 4.78 is 2.01. The Bertz CT molecular complexity index is 526. The maximum absolute atomic E-state index is 12.0. The molecule has 0 saturated heterocycles.